The molecule has 0 bridgehead atoms. The maximum atomic E-state index is 8.61. The zero-order chi connectivity index (χ0) is 9.84. The molecule has 1 aromatic carbocycles. The average Bonchev–Trinajstić information content (AvgIpc) is 2.18. The van der Waals surface area contributed by atoms with Crippen molar-refractivity contribution >= 4 is 5.69 Å². The Morgan fingerprint density at radius 2 is 1.38 bits per heavy atom. The maximum Gasteiger partial charge on any atom is 0.101 e. The highest BCUT2D eigenvalue weighted by Crippen LogP contribution is 2.18. The number of anilines is 1. The molecule has 4 nitrogen and oxygen atoms in total. The lowest BCUT2D eigenvalue weighted by atomic mass is 10.1. The largest absolute Gasteiger partial charge is 0.397 e. The molecule has 2 N–H and O–H groups in total. The molecule has 0 saturated carbocycles. The zero-order valence-electron chi connectivity index (χ0n) is 6.57. The van der Waals surface area contributed by atoms with E-state index in [2.05, 4.69) is 0 Å². The minimum atomic E-state index is 0.129. The van der Waals surface area contributed by atoms with E-state index >= 15 is 0 Å². The Bertz CT molecular complexity index is 433. The van der Waals surface area contributed by atoms with Crippen molar-refractivity contribution in [2.45, 2.75) is 0 Å². The van der Waals surface area contributed by atoms with Gasteiger partial charge in [0.15, 0.2) is 0 Å². The number of nitrogens with two attached hydrogens (primary N) is 1. The topological polar surface area (TPSA) is 97.4 Å². The van der Waals surface area contributed by atoms with Gasteiger partial charge in [0.25, 0.3) is 0 Å². The van der Waals surface area contributed by atoms with Gasteiger partial charge in [-0.15, -0.1) is 0 Å². The maximum absolute atomic E-state index is 8.61. The molecule has 0 saturated heterocycles. The van der Waals surface area contributed by atoms with Gasteiger partial charge in [-0.25, -0.2) is 0 Å². The standard InChI is InChI=1S/C9H4N4/c10-3-6-1-7(4-11)9(13)8(2-6)5-12/h1-2H,13H2. The first-order valence-electron chi connectivity index (χ1n) is 3.36. The van der Waals surface area contributed by atoms with Crippen molar-refractivity contribution in [2.75, 3.05) is 5.73 Å². The van der Waals surface area contributed by atoms with Crippen molar-refractivity contribution in [3.63, 3.8) is 0 Å². The minimum absolute atomic E-state index is 0.129. The lowest BCUT2D eigenvalue weighted by Gasteiger charge is -1.99. The van der Waals surface area contributed by atoms with Crippen LogP contribution in [0.1, 0.15) is 16.7 Å². The number of nitriles is 3. The van der Waals surface area contributed by atoms with Crippen LogP contribution in [0.25, 0.3) is 0 Å². The average molecular weight is 168 g/mol. The van der Waals surface area contributed by atoms with E-state index in [1.54, 1.807) is 0 Å². The Morgan fingerprint density at radius 3 is 1.69 bits per heavy atom. The van der Waals surface area contributed by atoms with Crippen LogP contribution in [0.15, 0.2) is 12.1 Å². The second-order valence-corrected chi connectivity index (χ2v) is 2.32. The summed E-state index contributed by atoms with van der Waals surface area (Å²) < 4.78 is 0. The molecule has 0 radical (unpaired) electrons. The minimum Gasteiger partial charge on any atom is -0.397 e. The molecule has 1 rings (SSSR count). The van der Waals surface area contributed by atoms with Gasteiger partial charge in [-0.3, -0.25) is 0 Å². The second-order valence-electron chi connectivity index (χ2n) is 2.32. The van der Waals surface area contributed by atoms with Crippen molar-refractivity contribution in [2.24, 2.45) is 0 Å². The quantitative estimate of drug-likeness (QED) is 0.581. The summed E-state index contributed by atoms with van der Waals surface area (Å²) in [6.07, 6.45) is 0. The smallest absolute Gasteiger partial charge is 0.101 e. The molecular formula is C9H4N4. The summed E-state index contributed by atoms with van der Waals surface area (Å²) in [6, 6.07) is 8.20. The Kier molecular flexibility index (Phi) is 2.15. The summed E-state index contributed by atoms with van der Waals surface area (Å²) in [5.41, 5.74) is 6.19. The Balaban J connectivity index is 3.53. The highest BCUT2D eigenvalue weighted by molar-refractivity contribution is 5.66. The second kappa shape index (κ2) is 3.26. The van der Waals surface area contributed by atoms with E-state index in [0.717, 1.165) is 0 Å². The fraction of sp³-hybridized carbons (Fsp3) is 0. The fourth-order valence-electron chi connectivity index (χ4n) is 0.903. The molecule has 0 atom stereocenters. The van der Waals surface area contributed by atoms with Crippen molar-refractivity contribution in [3.8, 4) is 18.2 Å². The van der Waals surface area contributed by atoms with Crippen LogP contribution >= 0.6 is 0 Å². The number of hydrogen-bond acceptors (Lipinski definition) is 4. The van der Waals surface area contributed by atoms with E-state index in [9.17, 15) is 0 Å². The van der Waals surface area contributed by atoms with Crippen LogP contribution in [0.5, 0.6) is 0 Å². The van der Waals surface area contributed by atoms with Gasteiger partial charge in [0.1, 0.15) is 12.1 Å². The van der Waals surface area contributed by atoms with Gasteiger partial charge < -0.3 is 5.73 Å². The Hall–Kier alpha value is -2.51. The van der Waals surface area contributed by atoms with E-state index in [1.807, 2.05) is 18.2 Å². The van der Waals surface area contributed by atoms with E-state index in [-0.39, 0.29) is 22.4 Å². The molecule has 13 heavy (non-hydrogen) atoms. The van der Waals surface area contributed by atoms with E-state index in [4.69, 9.17) is 21.5 Å². The summed E-state index contributed by atoms with van der Waals surface area (Å²) in [7, 11) is 0. The third-order valence-electron chi connectivity index (χ3n) is 1.55. The molecule has 0 unspecified atom stereocenters. The van der Waals surface area contributed by atoms with Crippen LogP contribution < -0.4 is 5.73 Å². The predicted octanol–water partition coefficient (Wildman–Crippen LogP) is 0.884. The van der Waals surface area contributed by atoms with Gasteiger partial charge in [0.2, 0.25) is 0 Å². The van der Waals surface area contributed by atoms with Crippen molar-refractivity contribution in [3.05, 3.63) is 28.8 Å². The van der Waals surface area contributed by atoms with Crippen LogP contribution in [0.2, 0.25) is 0 Å². The summed E-state index contributed by atoms with van der Waals surface area (Å²) in [5, 5.41) is 25.8. The van der Waals surface area contributed by atoms with Gasteiger partial charge in [-0.1, -0.05) is 0 Å². The van der Waals surface area contributed by atoms with Gasteiger partial charge in [0, 0.05) is 0 Å². The van der Waals surface area contributed by atoms with Crippen LogP contribution in [0.3, 0.4) is 0 Å². The number of nitrogen functional groups attached to an aromatic ring is 1. The van der Waals surface area contributed by atoms with E-state index in [1.165, 1.54) is 12.1 Å². The molecule has 0 aliphatic carbocycles. The molecule has 0 aliphatic heterocycles. The summed E-state index contributed by atoms with van der Waals surface area (Å²) in [4.78, 5) is 0. The number of benzene rings is 1. The normalized spacial score (nSPS) is 8.08. The van der Waals surface area contributed by atoms with Gasteiger partial charge >= 0.3 is 0 Å². The third kappa shape index (κ3) is 1.40. The zero-order valence-corrected chi connectivity index (χ0v) is 6.57. The molecule has 0 heterocycles. The van der Waals surface area contributed by atoms with Crippen molar-refractivity contribution in [1.82, 2.24) is 0 Å². The molecule has 0 aromatic heterocycles. The molecular weight excluding hydrogens is 164 g/mol. The molecule has 0 amide bonds. The first kappa shape index (κ1) is 8.59. The molecule has 0 aliphatic rings. The summed E-state index contributed by atoms with van der Waals surface area (Å²) >= 11 is 0. The van der Waals surface area contributed by atoms with Crippen LogP contribution in [-0.4, -0.2) is 0 Å². The van der Waals surface area contributed by atoms with Crippen molar-refractivity contribution in [1.29, 1.82) is 15.8 Å². The Morgan fingerprint density at radius 1 is 0.923 bits per heavy atom. The molecule has 60 valence electrons. The molecule has 4 heteroatoms. The number of rotatable bonds is 0. The predicted molar refractivity (Wildman–Crippen MR) is 45.0 cm³/mol. The third-order valence-corrected chi connectivity index (χ3v) is 1.55. The monoisotopic (exact) mass is 168 g/mol. The van der Waals surface area contributed by atoms with Crippen LogP contribution in [-0.2, 0) is 0 Å². The van der Waals surface area contributed by atoms with Gasteiger partial charge in [-0.2, -0.15) is 15.8 Å². The number of hydrogen-bond donors (Lipinski definition) is 1. The fourth-order valence-corrected chi connectivity index (χ4v) is 0.903. The first-order chi connectivity index (χ1) is 6.22. The SMILES string of the molecule is N#Cc1cc(C#N)c(N)c(C#N)c1. The highest BCUT2D eigenvalue weighted by atomic mass is 14.6. The van der Waals surface area contributed by atoms with Gasteiger partial charge in [0.05, 0.1) is 28.4 Å². The highest BCUT2D eigenvalue weighted by Gasteiger charge is 2.06. The summed E-state index contributed by atoms with van der Waals surface area (Å²) in [6.45, 7) is 0. The van der Waals surface area contributed by atoms with E-state index < -0.39 is 0 Å². The lowest BCUT2D eigenvalue weighted by molar-refractivity contribution is 1.42. The lowest BCUT2D eigenvalue weighted by Crippen LogP contribution is -1.95. The van der Waals surface area contributed by atoms with Crippen molar-refractivity contribution < 1.29 is 0 Å². The van der Waals surface area contributed by atoms with Crippen LogP contribution in [0.4, 0.5) is 5.69 Å². The Labute approximate surface area is 75.0 Å². The van der Waals surface area contributed by atoms with Crippen LogP contribution in [0, 0.1) is 34.0 Å². The van der Waals surface area contributed by atoms with E-state index in [0.29, 0.717) is 0 Å². The molecule has 0 fully saturated rings. The number of nitrogens with zero attached hydrogens (tertiary/aromatic N) is 3. The first-order valence-corrected chi connectivity index (χ1v) is 3.36. The molecule has 1 aromatic rings. The molecule has 0 spiro atoms. The van der Waals surface area contributed by atoms with Gasteiger partial charge in [-0.05, 0) is 12.1 Å². The summed E-state index contributed by atoms with van der Waals surface area (Å²) in [5.74, 6) is 0.